The molecule has 2 amide bonds. The molecular weight excluding hydrogens is 536 g/mol. The molecule has 7 heteroatoms. The van der Waals surface area contributed by atoms with E-state index in [9.17, 15) is 9.59 Å². The summed E-state index contributed by atoms with van der Waals surface area (Å²) in [4.78, 5) is 36.2. The van der Waals surface area contributed by atoms with E-state index in [0.717, 1.165) is 22.5 Å². The summed E-state index contributed by atoms with van der Waals surface area (Å²) in [6, 6.07) is 26.1. The highest BCUT2D eigenvalue weighted by molar-refractivity contribution is 5.96. The highest BCUT2D eigenvalue weighted by atomic mass is 16.5. The molecule has 0 N–H and O–H groups in total. The van der Waals surface area contributed by atoms with Gasteiger partial charge < -0.3 is 14.5 Å². The monoisotopic (exact) mass is 572 g/mol. The molecule has 0 aliphatic rings. The summed E-state index contributed by atoms with van der Waals surface area (Å²) in [5.41, 5.74) is 3.86. The van der Waals surface area contributed by atoms with E-state index in [1.807, 2.05) is 79.7 Å². The van der Waals surface area contributed by atoms with Crippen LogP contribution in [0.1, 0.15) is 50.5 Å². The van der Waals surface area contributed by atoms with E-state index in [1.165, 1.54) is 0 Å². The first-order valence-electron chi connectivity index (χ1n) is 13.9. The van der Waals surface area contributed by atoms with Crippen LogP contribution in [-0.2, 0) is 0 Å². The van der Waals surface area contributed by atoms with Gasteiger partial charge in [0.05, 0.1) is 12.7 Å². The summed E-state index contributed by atoms with van der Waals surface area (Å²) < 4.78 is 5.22. The second kappa shape index (κ2) is 17.4. The van der Waals surface area contributed by atoms with Gasteiger partial charge in [0.2, 0.25) is 0 Å². The average Bonchev–Trinajstić information content (AvgIpc) is 3.05. The van der Waals surface area contributed by atoms with Crippen molar-refractivity contribution in [1.82, 2.24) is 19.8 Å². The van der Waals surface area contributed by atoms with Gasteiger partial charge in [-0.2, -0.15) is 0 Å². The lowest BCUT2D eigenvalue weighted by Crippen LogP contribution is -2.27. The quantitative estimate of drug-likeness (QED) is 0.273. The van der Waals surface area contributed by atoms with Crippen molar-refractivity contribution in [3.63, 3.8) is 0 Å². The van der Waals surface area contributed by atoms with E-state index in [0.29, 0.717) is 37.2 Å². The maximum atomic E-state index is 12.4. The van der Waals surface area contributed by atoms with Gasteiger partial charge in [-0.3, -0.25) is 9.59 Å². The third kappa shape index (κ3) is 10.8. The molecule has 0 aliphatic heterocycles. The van der Waals surface area contributed by atoms with Gasteiger partial charge in [0.25, 0.3) is 11.8 Å². The molecule has 0 bridgehead atoms. The minimum atomic E-state index is -0.0721. The number of pyridine rings is 2. The zero-order valence-electron chi connectivity index (χ0n) is 25.1. The van der Waals surface area contributed by atoms with Gasteiger partial charge in [0.15, 0.2) is 0 Å². The lowest BCUT2D eigenvalue weighted by molar-refractivity contribution is 0.0788. The fourth-order valence-electron chi connectivity index (χ4n) is 3.86. The Labute approximate surface area is 254 Å². The summed E-state index contributed by atoms with van der Waals surface area (Å²) in [6.07, 6.45) is 4.65. The van der Waals surface area contributed by atoms with Crippen LogP contribution < -0.4 is 4.74 Å². The maximum Gasteiger partial charge on any atom is 0.257 e. The number of hydrogen-bond acceptors (Lipinski definition) is 5. The molecule has 0 saturated carbocycles. The van der Waals surface area contributed by atoms with Crippen LogP contribution in [0.15, 0.2) is 97.3 Å². The number of hydrogen-bond donors (Lipinski definition) is 0. The van der Waals surface area contributed by atoms with Crippen LogP contribution in [0.5, 0.6) is 5.75 Å². The average molecular weight is 573 g/mol. The van der Waals surface area contributed by atoms with Crippen LogP contribution in [-0.4, -0.2) is 65.9 Å². The van der Waals surface area contributed by atoms with E-state index in [-0.39, 0.29) is 11.8 Å². The number of benzene rings is 2. The van der Waals surface area contributed by atoms with Gasteiger partial charge in [-0.05, 0) is 67.3 Å². The standard InChI is InChI=1S/C18H18N2O2.C18H18N2O/c1-20(14-8-6-10-15-9-5-7-13-19-15)18(21)16-11-3-4-12-17(16)22-2;1-15-8-7-9-16(14-15)18(21)20(2)13-6-4-11-17-10-3-5-12-19-17/h3-5,7,9,11-13H,8,14H2,1-2H3;3,5,7-10,12,14H,6,13H2,1-2H3. The Hall–Kier alpha value is -5.40. The summed E-state index contributed by atoms with van der Waals surface area (Å²) in [5.74, 6) is 12.6. The molecule has 0 atom stereocenters. The van der Waals surface area contributed by atoms with Crippen molar-refractivity contribution in [2.45, 2.75) is 19.8 Å². The van der Waals surface area contributed by atoms with Gasteiger partial charge in [0, 0.05) is 58.0 Å². The van der Waals surface area contributed by atoms with Crippen molar-refractivity contribution in [2.75, 3.05) is 34.3 Å². The number of carbonyl (C=O) groups excluding carboxylic acids is 2. The molecule has 0 fully saturated rings. The largest absolute Gasteiger partial charge is 0.496 e. The van der Waals surface area contributed by atoms with Crippen LogP contribution in [0, 0.1) is 30.6 Å². The number of amides is 2. The third-order valence-electron chi connectivity index (χ3n) is 6.20. The van der Waals surface area contributed by atoms with Gasteiger partial charge in [-0.1, -0.05) is 53.8 Å². The zero-order valence-corrected chi connectivity index (χ0v) is 25.1. The smallest absolute Gasteiger partial charge is 0.257 e. The van der Waals surface area contributed by atoms with Crippen LogP contribution in [0.2, 0.25) is 0 Å². The maximum absolute atomic E-state index is 12.4. The third-order valence-corrected chi connectivity index (χ3v) is 6.20. The fraction of sp³-hybridized carbons (Fsp3) is 0.222. The van der Waals surface area contributed by atoms with Crippen molar-refractivity contribution < 1.29 is 14.3 Å². The van der Waals surface area contributed by atoms with Gasteiger partial charge in [-0.15, -0.1) is 0 Å². The molecule has 0 unspecified atom stereocenters. The first-order chi connectivity index (χ1) is 20.9. The molecule has 4 rings (SSSR count). The van der Waals surface area contributed by atoms with Gasteiger partial charge in [-0.25, -0.2) is 9.97 Å². The number of nitrogens with zero attached hydrogens (tertiary/aromatic N) is 4. The zero-order chi connectivity index (χ0) is 30.9. The number of para-hydroxylation sites is 1. The predicted octanol–water partition coefficient (Wildman–Crippen LogP) is 5.51. The normalized spacial score (nSPS) is 9.58. The topological polar surface area (TPSA) is 75.6 Å². The van der Waals surface area contributed by atoms with E-state index < -0.39 is 0 Å². The Morgan fingerprint density at radius 1 is 0.721 bits per heavy atom. The summed E-state index contributed by atoms with van der Waals surface area (Å²) >= 11 is 0. The Bertz CT molecular complexity index is 1600. The highest BCUT2D eigenvalue weighted by Crippen LogP contribution is 2.18. The number of ether oxygens (including phenoxy) is 1. The van der Waals surface area contributed by atoms with Crippen molar-refractivity contribution in [3.8, 4) is 29.4 Å². The molecule has 0 aliphatic carbocycles. The SMILES string of the molecule is COc1ccccc1C(=O)N(C)CCC#Cc1ccccn1.Cc1cccc(C(=O)N(C)CCC#Cc2ccccn2)c1. The molecular formula is C36H36N4O3. The summed E-state index contributed by atoms with van der Waals surface area (Å²) in [5, 5.41) is 0. The Kier molecular flexibility index (Phi) is 13.0. The van der Waals surface area contributed by atoms with Crippen LogP contribution in [0.3, 0.4) is 0 Å². The Morgan fingerprint density at radius 3 is 1.81 bits per heavy atom. The minimum absolute atomic E-state index is 0.0262. The van der Waals surface area contributed by atoms with Crippen LogP contribution in [0.4, 0.5) is 0 Å². The predicted molar refractivity (Wildman–Crippen MR) is 170 cm³/mol. The second-order valence-corrected chi connectivity index (χ2v) is 9.56. The van der Waals surface area contributed by atoms with Crippen LogP contribution in [0.25, 0.3) is 0 Å². The van der Waals surface area contributed by atoms with Gasteiger partial charge in [0.1, 0.15) is 17.1 Å². The number of aryl methyl sites for hydroxylation is 1. The van der Waals surface area contributed by atoms with Crippen molar-refractivity contribution in [1.29, 1.82) is 0 Å². The molecule has 2 aromatic heterocycles. The molecule has 218 valence electrons. The summed E-state index contributed by atoms with van der Waals surface area (Å²) in [7, 11) is 5.12. The van der Waals surface area contributed by atoms with Crippen LogP contribution >= 0.6 is 0 Å². The summed E-state index contributed by atoms with van der Waals surface area (Å²) in [6.45, 7) is 3.14. The molecule has 4 aromatic rings. The number of rotatable bonds is 7. The fourth-order valence-corrected chi connectivity index (χ4v) is 3.86. The number of carbonyl (C=O) groups is 2. The number of methoxy groups -OCH3 is 1. The van der Waals surface area contributed by atoms with E-state index >= 15 is 0 Å². The molecule has 43 heavy (non-hydrogen) atoms. The first-order valence-corrected chi connectivity index (χ1v) is 13.9. The molecule has 0 radical (unpaired) electrons. The molecule has 2 heterocycles. The number of aromatic nitrogens is 2. The molecule has 0 spiro atoms. The lowest BCUT2D eigenvalue weighted by atomic mass is 10.1. The first kappa shape index (κ1) is 32.1. The lowest BCUT2D eigenvalue weighted by Gasteiger charge is -2.17. The van der Waals surface area contributed by atoms with Gasteiger partial charge >= 0.3 is 0 Å². The molecule has 7 nitrogen and oxygen atoms in total. The second-order valence-electron chi connectivity index (χ2n) is 9.56. The molecule has 2 aromatic carbocycles. The minimum Gasteiger partial charge on any atom is -0.496 e. The molecule has 0 saturated heterocycles. The van der Waals surface area contributed by atoms with E-state index in [1.54, 1.807) is 55.5 Å². The highest BCUT2D eigenvalue weighted by Gasteiger charge is 2.15. The van der Waals surface area contributed by atoms with E-state index in [4.69, 9.17) is 4.74 Å². The Morgan fingerprint density at radius 2 is 1.28 bits per heavy atom. The Balaban J connectivity index is 0.000000236. The van der Waals surface area contributed by atoms with Crippen molar-refractivity contribution >= 4 is 11.8 Å². The van der Waals surface area contributed by atoms with E-state index in [2.05, 4.69) is 33.6 Å². The van der Waals surface area contributed by atoms with Crippen molar-refractivity contribution in [3.05, 3.63) is 125 Å². The van der Waals surface area contributed by atoms with Crippen molar-refractivity contribution in [2.24, 2.45) is 0 Å².